The first kappa shape index (κ1) is 27.9. The number of Topliss-reactive ketones (excluding diaryl/α,β-unsaturated/α-hetero) is 1. The van der Waals surface area contributed by atoms with Crippen LogP contribution in [0.15, 0.2) is 41.2 Å². The highest BCUT2D eigenvalue weighted by Crippen LogP contribution is 2.53. The van der Waals surface area contributed by atoms with Crippen LogP contribution in [0.2, 0.25) is 0 Å². The van der Waals surface area contributed by atoms with E-state index >= 15 is 0 Å². The lowest BCUT2D eigenvalue weighted by Crippen LogP contribution is -2.62. The minimum Gasteiger partial charge on any atom is -0.477 e. The van der Waals surface area contributed by atoms with Crippen LogP contribution in [0.4, 0.5) is 5.69 Å². The Bertz CT molecular complexity index is 1330. The number of β-lactam (4-membered cyclic amide) rings is 1. The maximum Gasteiger partial charge on any atom is 0.353 e. The van der Waals surface area contributed by atoms with Crippen molar-refractivity contribution in [2.75, 3.05) is 11.9 Å². The maximum atomic E-state index is 13.2. The molecule has 0 bridgehead atoms. The summed E-state index contributed by atoms with van der Waals surface area (Å²) >= 11 is 1.43. The van der Waals surface area contributed by atoms with Gasteiger partial charge in [-0.2, -0.15) is 0 Å². The van der Waals surface area contributed by atoms with Crippen LogP contribution in [0.1, 0.15) is 32.3 Å². The van der Waals surface area contributed by atoms with Crippen molar-refractivity contribution in [1.82, 2.24) is 30.4 Å². The molecule has 6 atom stereocenters. The molecule has 40 heavy (non-hydrogen) atoms. The predicted molar refractivity (Wildman–Crippen MR) is 145 cm³/mol. The second kappa shape index (κ2) is 11.5. The zero-order valence-corrected chi connectivity index (χ0v) is 23.0. The van der Waals surface area contributed by atoms with E-state index in [1.54, 1.807) is 0 Å². The maximum absolute atomic E-state index is 13.2. The van der Waals surface area contributed by atoms with Gasteiger partial charge in [0, 0.05) is 41.3 Å². The molecule has 1 unspecified atom stereocenters. The van der Waals surface area contributed by atoms with Crippen molar-refractivity contribution in [3.8, 4) is 0 Å². The summed E-state index contributed by atoms with van der Waals surface area (Å²) in [6, 6.07) is 6.60. The van der Waals surface area contributed by atoms with E-state index < -0.39 is 17.9 Å². The molecule has 0 radical (unpaired) electrons. The van der Waals surface area contributed by atoms with Crippen molar-refractivity contribution in [2.24, 2.45) is 23.5 Å². The molecule has 212 valence electrons. The summed E-state index contributed by atoms with van der Waals surface area (Å²) in [5.74, 6) is -2.60. The molecular weight excluding hydrogens is 536 g/mol. The van der Waals surface area contributed by atoms with E-state index in [0.29, 0.717) is 30.1 Å². The van der Waals surface area contributed by atoms with Crippen LogP contribution in [-0.4, -0.2) is 77.7 Å². The van der Waals surface area contributed by atoms with Gasteiger partial charge in [0.1, 0.15) is 18.6 Å². The molecule has 3 aliphatic heterocycles. The number of fused-ring (bicyclic) bond motifs is 1. The number of tetrazole rings is 1. The number of hydrogen-bond donors (Lipinski definition) is 4. The third-order valence-electron chi connectivity index (χ3n) is 7.84. The fourth-order valence-electron chi connectivity index (χ4n) is 5.88. The standard InChI is InChI=1S/C26H32N8O5S/c1-13(7-17(35)11-33-12-29-31-32-33)20-21-14(2)23(22(26(38)39)34(21)25(20)37)40-18-8-19(28-10-18)24(36)30-16-5-3-15(9-27)4-6-16/h3-6,12-14,18-21,28H,7-11,27H2,1-2H3,(H,30,36)(H,38,39)/t13-,14+,18-,19?,20+,21+/m0/s1. The summed E-state index contributed by atoms with van der Waals surface area (Å²) in [7, 11) is 0. The van der Waals surface area contributed by atoms with E-state index in [0.717, 1.165) is 5.56 Å². The fourth-order valence-corrected chi connectivity index (χ4v) is 7.36. The normalized spacial score (nSPS) is 26.4. The molecule has 2 fully saturated rings. The molecule has 0 spiro atoms. The molecule has 2 saturated heterocycles. The summed E-state index contributed by atoms with van der Waals surface area (Å²) in [5.41, 5.74) is 7.30. The Morgan fingerprint density at radius 2 is 2.02 bits per heavy atom. The number of aliphatic carboxylic acids is 1. The minimum atomic E-state index is -1.15. The first-order chi connectivity index (χ1) is 19.2. The number of carboxylic acid groups (broad SMARTS) is 1. The summed E-state index contributed by atoms with van der Waals surface area (Å²) in [5, 5.41) is 26.9. The Morgan fingerprint density at radius 1 is 1.27 bits per heavy atom. The molecule has 13 nitrogen and oxygen atoms in total. The van der Waals surface area contributed by atoms with Gasteiger partial charge < -0.3 is 26.4 Å². The van der Waals surface area contributed by atoms with Gasteiger partial charge in [0.25, 0.3) is 0 Å². The Kier molecular flexibility index (Phi) is 8.01. The smallest absolute Gasteiger partial charge is 0.353 e. The molecule has 2 aromatic rings. The van der Waals surface area contributed by atoms with Crippen molar-refractivity contribution < 1.29 is 24.3 Å². The van der Waals surface area contributed by atoms with E-state index in [1.165, 1.54) is 27.7 Å². The van der Waals surface area contributed by atoms with Crippen molar-refractivity contribution in [3.63, 3.8) is 0 Å². The number of nitrogens with two attached hydrogens (primary N) is 1. The quantitative estimate of drug-likeness (QED) is 0.278. The number of anilines is 1. The average Bonchev–Trinajstić information content (AvgIpc) is 3.65. The number of amides is 2. The average molecular weight is 569 g/mol. The third-order valence-corrected chi connectivity index (χ3v) is 9.35. The summed E-state index contributed by atoms with van der Waals surface area (Å²) in [4.78, 5) is 52.9. The van der Waals surface area contributed by atoms with Gasteiger partial charge in [-0.05, 0) is 40.5 Å². The van der Waals surface area contributed by atoms with Gasteiger partial charge in [-0.25, -0.2) is 9.48 Å². The summed E-state index contributed by atoms with van der Waals surface area (Å²) in [6.45, 7) is 4.76. The lowest BCUT2D eigenvalue weighted by molar-refractivity contribution is -0.160. The van der Waals surface area contributed by atoms with Crippen molar-refractivity contribution in [3.05, 3.63) is 46.8 Å². The number of carbonyl (C=O) groups is 4. The molecule has 1 aromatic heterocycles. The highest BCUT2D eigenvalue weighted by Gasteiger charge is 2.60. The van der Waals surface area contributed by atoms with Crippen molar-refractivity contribution in [1.29, 1.82) is 0 Å². The summed E-state index contributed by atoms with van der Waals surface area (Å²) < 4.78 is 1.33. The van der Waals surface area contributed by atoms with Crippen LogP contribution in [-0.2, 0) is 32.3 Å². The Balaban J connectivity index is 1.21. The second-order valence-electron chi connectivity index (χ2n) is 10.6. The number of ketones is 1. The van der Waals surface area contributed by atoms with Gasteiger partial charge in [-0.1, -0.05) is 26.0 Å². The van der Waals surface area contributed by atoms with Crippen LogP contribution in [0.3, 0.4) is 0 Å². The van der Waals surface area contributed by atoms with Gasteiger partial charge in [-0.15, -0.1) is 16.9 Å². The number of thioether (sulfide) groups is 1. The van der Waals surface area contributed by atoms with Crippen LogP contribution < -0.4 is 16.4 Å². The largest absolute Gasteiger partial charge is 0.477 e. The molecule has 5 rings (SSSR count). The highest BCUT2D eigenvalue weighted by molar-refractivity contribution is 8.03. The van der Waals surface area contributed by atoms with Crippen LogP contribution >= 0.6 is 11.8 Å². The van der Waals surface area contributed by atoms with Crippen molar-refractivity contribution in [2.45, 2.75) is 57.1 Å². The lowest BCUT2D eigenvalue weighted by Gasteiger charge is -2.47. The number of aromatic nitrogens is 4. The highest BCUT2D eigenvalue weighted by atomic mass is 32.2. The van der Waals surface area contributed by atoms with Gasteiger partial charge in [0.15, 0.2) is 5.78 Å². The molecule has 0 aliphatic carbocycles. The monoisotopic (exact) mass is 568 g/mol. The van der Waals surface area contributed by atoms with Crippen LogP contribution in [0.5, 0.6) is 0 Å². The molecule has 5 N–H and O–H groups in total. The number of nitrogens with zero attached hydrogens (tertiary/aromatic N) is 5. The number of carboxylic acids is 1. The second-order valence-corrected chi connectivity index (χ2v) is 11.9. The van der Waals surface area contributed by atoms with Gasteiger partial charge >= 0.3 is 5.97 Å². The first-order valence-corrected chi connectivity index (χ1v) is 14.1. The molecule has 3 aliphatic rings. The number of rotatable bonds is 11. The van der Waals surface area contributed by atoms with E-state index in [-0.39, 0.29) is 59.4 Å². The topological polar surface area (TPSA) is 185 Å². The summed E-state index contributed by atoms with van der Waals surface area (Å²) in [6.07, 6.45) is 2.04. The van der Waals surface area contributed by atoms with E-state index in [1.807, 2.05) is 38.1 Å². The zero-order chi connectivity index (χ0) is 28.6. The zero-order valence-electron chi connectivity index (χ0n) is 22.2. The molecule has 1 aromatic carbocycles. The molecule has 0 saturated carbocycles. The Morgan fingerprint density at radius 3 is 2.67 bits per heavy atom. The van der Waals surface area contributed by atoms with Crippen molar-refractivity contribution >= 4 is 41.0 Å². The van der Waals surface area contributed by atoms with E-state index in [2.05, 4.69) is 26.2 Å². The number of carbonyl (C=O) groups excluding carboxylic acids is 3. The molecule has 4 heterocycles. The third kappa shape index (κ3) is 5.38. The predicted octanol–water partition coefficient (Wildman–Crippen LogP) is 0.602. The van der Waals surface area contributed by atoms with Gasteiger partial charge in [0.2, 0.25) is 11.8 Å². The minimum absolute atomic E-state index is 0.0175. The number of nitrogens with one attached hydrogen (secondary N) is 2. The van der Waals surface area contributed by atoms with Gasteiger partial charge in [0.05, 0.1) is 18.0 Å². The Labute approximate surface area is 234 Å². The van der Waals surface area contributed by atoms with E-state index in [4.69, 9.17) is 5.73 Å². The lowest BCUT2D eigenvalue weighted by atomic mass is 9.73. The van der Waals surface area contributed by atoms with Gasteiger partial charge in [-0.3, -0.25) is 14.4 Å². The fraction of sp³-hybridized carbons (Fsp3) is 0.500. The SMILES string of the molecule is C[C@@H](CC(=O)Cn1cnnn1)[C@H]1C(=O)N2C(C(=O)O)=C(S[C@@H]3CNC(C(=O)Nc4ccc(CN)cc4)C3)[C@H](C)[C@H]12. The van der Waals surface area contributed by atoms with E-state index in [9.17, 15) is 24.3 Å². The van der Waals surface area contributed by atoms with Crippen LogP contribution in [0, 0.1) is 17.8 Å². The molecular formula is C26H32N8O5S. The van der Waals surface area contributed by atoms with Crippen LogP contribution in [0.25, 0.3) is 0 Å². The Hall–Kier alpha value is -3.62. The molecule has 14 heteroatoms. The number of benzene rings is 1. The molecule has 2 amide bonds. The first-order valence-electron chi connectivity index (χ1n) is 13.2. The number of hydrogen-bond acceptors (Lipinski definition) is 10.